The largest absolute Gasteiger partial charge is 0.463 e. The van der Waals surface area contributed by atoms with Crippen LogP contribution in [0.1, 0.15) is 34.6 Å². The highest BCUT2D eigenvalue weighted by Gasteiger charge is 2.54. The zero-order chi connectivity index (χ0) is 29.4. The Hall–Kier alpha value is -2.89. The van der Waals surface area contributed by atoms with E-state index in [0.717, 1.165) is 20.8 Å². The van der Waals surface area contributed by atoms with E-state index in [-0.39, 0.29) is 0 Å². The number of rotatable bonds is 10. The monoisotopic (exact) mass is 564 g/mol. The van der Waals surface area contributed by atoms with Crippen LogP contribution in [0.15, 0.2) is 0 Å². The Morgan fingerprint density at radius 2 is 1.28 bits per heavy atom. The summed E-state index contributed by atoms with van der Waals surface area (Å²) >= 11 is 0. The number of esters is 3. The SMILES string of the molecule is CO[C@@H]1O[C@H](CO)[C@H](O[C@@H]2O[C@H](COC(C)=O)[C@H](OC(C)=O)[C@H](OC(C)=O)[C@@H]2NC(C)=O)[C@H](O)[C@H]1NC(C)=O. The lowest BCUT2D eigenvalue weighted by Gasteiger charge is -2.48. The van der Waals surface area contributed by atoms with Gasteiger partial charge in [-0.3, -0.25) is 24.0 Å². The minimum Gasteiger partial charge on any atom is -0.463 e. The second kappa shape index (κ2) is 14.5. The van der Waals surface area contributed by atoms with Crippen molar-refractivity contribution in [3.05, 3.63) is 0 Å². The standard InChI is InChI=1S/C23H36N2O14/c1-9(27)24-16-18(32)19(14(7-26)37-22(16)33-6)39-23-17(25-10(2)28)21(36-13(5)31)20(35-12(4)30)15(38-23)8-34-11(3)29/h14-23,26,32H,7-8H2,1-6H3,(H,24,27)(H,25,28)/t14-,15-,16-,17+,18-,19+,20+,21-,22-,23+/m1/s1. The smallest absolute Gasteiger partial charge is 0.303 e. The molecule has 0 aliphatic carbocycles. The molecule has 2 aliphatic rings. The Morgan fingerprint density at radius 1 is 0.744 bits per heavy atom. The molecule has 0 spiro atoms. The molecule has 39 heavy (non-hydrogen) atoms. The second-order valence-corrected chi connectivity index (χ2v) is 9.00. The van der Waals surface area contributed by atoms with Crippen LogP contribution in [0.5, 0.6) is 0 Å². The van der Waals surface area contributed by atoms with Crippen molar-refractivity contribution >= 4 is 29.7 Å². The molecule has 2 heterocycles. The maximum absolute atomic E-state index is 12.1. The molecule has 16 heteroatoms. The molecule has 16 nitrogen and oxygen atoms in total. The molecule has 0 unspecified atom stereocenters. The van der Waals surface area contributed by atoms with Crippen LogP contribution < -0.4 is 10.6 Å². The van der Waals surface area contributed by atoms with E-state index >= 15 is 0 Å². The van der Waals surface area contributed by atoms with Crippen molar-refractivity contribution in [2.24, 2.45) is 0 Å². The number of carbonyl (C=O) groups is 5. The van der Waals surface area contributed by atoms with E-state index in [1.807, 2.05) is 0 Å². The fourth-order valence-electron chi connectivity index (χ4n) is 4.39. The molecule has 2 saturated heterocycles. The zero-order valence-electron chi connectivity index (χ0n) is 22.5. The minimum absolute atomic E-state index is 0.467. The fourth-order valence-corrected chi connectivity index (χ4v) is 4.39. The Morgan fingerprint density at radius 3 is 1.77 bits per heavy atom. The van der Waals surface area contributed by atoms with Crippen LogP contribution in [0, 0.1) is 0 Å². The summed E-state index contributed by atoms with van der Waals surface area (Å²) in [6.07, 6.45) is -10.8. The summed E-state index contributed by atoms with van der Waals surface area (Å²) in [6, 6.07) is -2.46. The Bertz CT molecular complexity index is 900. The molecule has 0 bridgehead atoms. The normalized spacial score (nSPS) is 34.4. The highest BCUT2D eigenvalue weighted by molar-refractivity contribution is 5.74. The highest BCUT2D eigenvalue weighted by atomic mass is 16.7. The molecule has 2 rings (SSSR count). The third-order valence-corrected chi connectivity index (χ3v) is 5.82. The zero-order valence-corrected chi connectivity index (χ0v) is 22.5. The summed E-state index contributed by atoms with van der Waals surface area (Å²) in [7, 11) is 1.28. The quantitative estimate of drug-likeness (QED) is 0.156. The van der Waals surface area contributed by atoms with Gasteiger partial charge in [-0.25, -0.2) is 0 Å². The molecular formula is C23H36N2O14. The van der Waals surface area contributed by atoms with E-state index in [2.05, 4.69) is 10.6 Å². The third kappa shape index (κ3) is 8.81. The average molecular weight is 565 g/mol. The summed E-state index contributed by atoms with van der Waals surface area (Å²) in [5.41, 5.74) is 0. The number of methoxy groups -OCH3 is 1. The highest BCUT2D eigenvalue weighted by Crippen LogP contribution is 2.32. The number of ether oxygens (including phenoxy) is 7. The predicted molar refractivity (Wildman–Crippen MR) is 125 cm³/mol. The van der Waals surface area contributed by atoms with Crippen molar-refractivity contribution in [1.29, 1.82) is 0 Å². The van der Waals surface area contributed by atoms with Gasteiger partial charge in [0.1, 0.15) is 43.1 Å². The number of aliphatic hydroxyl groups is 2. The summed E-state index contributed by atoms with van der Waals surface area (Å²) in [5, 5.41) is 26.1. The van der Waals surface area contributed by atoms with Gasteiger partial charge in [-0.1, -0.05) is 0 Å². The molecule has 222 valence electrons. The van der Waals surface area contributed by atoms with E-state index < -0.39 is 104 Å². The van der Waals surface area contributed by atoms with Crippen molar-refractivity contribution in [3.8, 4) is 0 Å². The molecule has 0 aromatic rings. The van der Waals surface area contributed by atoms with E-state index in [4.69, 9.17) is 33.2 Å². The number of carbonyl (C=O) groups excluding carboxylic acids is 5. The van der Waals surface area contributed by atoms with E-state index in [1.54, 1.807) is 0 Å². The number of amides is 2. The van der Waals surface area contributed by atoms with Crippen molar-refractivity contribution < 1.29 is 67.3 Å². The molecular weight excluding hydrogens is 528 g/mol. The van der Waals surface area contributed by atoms with Crippen LogP contribution in [0.25, 0.3) is 0 Å². The van der Waals surface area contributed by atoms with Gasteiger partial charge in [-0.2, -0.15) is 0 Å². The fraction of sp³-hybridized carbons (Fsp3) is 0.783. The number of aliphatic hydroxyl groups excluding tert-OH is 2. The molecule has 0 aromatic carbocycles. The van der Waals surface area contributed by atoms with Gasteiger partial charge in [0, 0.05) is 41.7 Å². The van der Waals surface area contributed by atoms with Crippen molar-refractivity contribution in [3.63, 3.8) is 0 Å². The summed E-state index contributed by atoms with van der Waals surface area (Å²) in [6.45, 7) is 4.57. The van der Waals surface area contributed by atoms with Gasteiger partial charge in [0.15, 0.2) is 24.8 Å². The summed E-state index contributed by atoms with van der Waals surface area (Å²) in [4.78, 5) is 59.3. The topological polar surface area (TPSA) is 214 Å². The number of nitrogens with one attached hydrogen (secondary N) is 2. The van der Waals surface area contributed by atoms with Crippen molar-refractivity contribution in [1.82, 2.24) is 10.6 Å². The Balaban J connectivity index is 2.51. The van der Waals surface area contributed by atoms with Crippen LogP contribution in [0.2, 0.25) is 0 Å². The molecule has 2 aliphatic heterocycles. The van der Waals surface area contributed by atoms with Gasteiger partial charge >= 0.3 is 17.9 Å². The predicted octanol–water partition coefficient (Wildman–Crippen LogP) is -2.74. The van der Waals surface area contributed by atoms with E-state index in [9.17, 15) is 34.2 Å². The lowest BCUT2D eigenvalue weighted by molar-refractivity contribution is -0.331. The number of hydrogen-bond donors (Lipinski definition) is 4. The first-order valence-electron chi connectivity index (χ1n) is 12.1. The van der Waals surface area contributed by atoms with Gasteiger partial charge in [0.25, 0.3) is 0 Å². The van der Waals surface area contributed by atoms with Crippen LogP contribution >= 0.6 is 0 Å². The van der Waals surface area contributed by atoms with Crippen LogP contribution in [-0.4, -0.2) is 122 Å². The molecule has 2 amide bonds. The molecule has 4 N–H and O–H groups in total. The molecule has 0 radical (unpaired) electrons. The van der Waals surface area contributed by atoms with Gasteiger partial charge < -0.3 is 54.0 Å². The van der Waals surface area contributed by atoms with E-state index in [0.29, 0.717) is 0 Å². The first kappa shape index (κ1) is 32.3. The Labute approximate surface area is 224 Å². The van der Waals surface area contributed by atoms with Gasteiger partial charge in [0.2, 0.25) is 11.8 Å². The average Bonchev–Trinajstić information content (AvgIpc) is 2.82. The third-order valence-electron chi connectivity index (χ3n) is 5.82. The molecule has 10 atom stereocenters. The van der Waals surface area contributed by atoms with Gasteiger partial charge in [0.05, 0.1) is 6.61 Å². The van der Waals surface area contributed by atoms with Crippen LogP contribution in [-0.2, 0) is 57.1 Å². The summed E-state index contributed by atoms with van der Waals surface area (Å²) < 4.78 is 38.6. The Kier molecular flexibility index (Phi) is 12.0. The maximum Gasteiger partial charge on any atom is 0.303 e. The first-order chi connectivity index (χ1) is 18.3. The molecule has 2 fully saturated rings. The second-order valence-electron chi connectivity index (χ2n) is 9.00. The maximum atomic E-state index is 12.1. The summed E-state index contributed by atoms with van der Waals surface area (Å²) in [5.74, 6) is -3.40. The lowest BCUT2D eigenvalue weighted by atomic mass is 9.94. The number of hydrogen-bond acceptors (Lipinski definition) is 14. The van der Waals surface area contributed by atoms with Crippen molar-refractivity contribution in [2.45, 2.75) is 95.9 Å². The van der Waals surface area contributed by atoms with Crippen molar-refractivity contribution in [2.75, 3.05) is 20.3 Å². The van der Waals surface area contributed by atoms with Gasteiger partial charge in [-0.15, -0.1) is 0 Å². The lowest BCUT2D eigenvalue weighted by Crippen LogP contribution is -2.70. The van der Waals surface area contributed by atoms with E-state index in [1.165, 1.54) is 21.0 Å². The molecule has 0 aromatic heterocycles. The molecule has 0 saturated carbocycles. The first-order valence-corrected chi connectivity index (χ1v) is 12.1. The van der Waals surface area contributed by atoms with Gasteiger partial charge in [-0.05, 0) is 0 Å². The van der Waals surface area contributed by atoms with Crippen LogP contribution in [0.3, 0.4) is 0 Å². The minimum atomic E-state index is -1.54. The van der Waals surface area contributed by atoms with Crippen LogP contribution in [0.4, 0.5) is 0 Å².